The summed E-state index contributed by atoms with van der Waals surface area (Å²) in [4.78, 5) is 25.1. The van der Waals surface area contributed by atoms with Gasteiger partial charge in [0, 0.05) is 18.0 Å². The maximum absolute atomic E-state index is 13.8. The first-order chi connectivity index (χ1) is 10.9. The van der Waals surface area contributed by atoms with Crippen LogP contribution in [0.3, 0.4) is 0 Å². The fourth-order valence-corrected chi connectivity index (χ4v) is 3.12. The van der Waals surface area contributed by atoms with E-state index < -0.39 is 23.5 Å². The molecule has 2 atom stereocenters. The van der Waals surface area contributed by atoms with Gasteiger partial charge < -0.3 is 10.0 Å². The molecule has 0 saturated heterocycles. The molecule has 0 radical (unpaired) electrons. The van der Waals surface area contributed by atoms with Crippen molar-refractivity contribution >= 4 is 11.9 Å². The molecule has 23 heavy (non-hydrogen) atoms. The van der Waals surface area contributed by atoms with Gasteiger partial charge in [-0.1, -0.05) is 12.5 Å². The molecule has 0 spiro atoms. The van der Waals surface area contributed by atoms with Gasteiger partial charge in [0.1, 0.15) is 11.6 Å². The van der Waals surface area contributed by atoms with E-state index in [1.54, 1.807) is 6.92 Å². The van der Waals surface area contributed by atoms with Gasteiger partial charge in [-0.3, -0.25) is 9.59 Å². The first kappa shape index (κ1) is 17.4. The van der Waals surface area contributed by atoms with Crippen LogP contribution in [-0.4, -0.2) is 28.4 Å². The third-order valence-corrected chi connectivity index (χ3v) is 4.48. The van der Waals surface area contributed by atoms with Crippen molar-refractivity contribution in [3.63, 3.8) is 0 Å². The molecule has 1 aromatic carbocycles. The molecule has 0 heterocycles. The van der Waals surface area contributed by atoms with Crippen LogP contribution < -0.4 is 0 Å². The van der Waals surface area contributed by atoms with E-state index >= 15 is 0 Å². The number of aliphatic carboxylic acids is 1. The first-order valence-corrected chi connectivity index (χ1v) is 7.88. The number of amides is 1. The standard InChI is InChI=1S/C17H21F2NO3/c1-2-20(10-13-14(18)7-4-8-15(13)19)16(21)11-5-3-6-12(9-11)17(22)23/h4,7-8,11-12H,2-3,5-6,9-10H2,1H3,(H,22,23). The number of carbonyl (C=O) groups is 2. The van der Waals surface area contributed by atoms with E-state index in [2.05, 4.69) is 0 Å². The number of halogens is 2. The summed E-state index contributed by atoms with van der Waals surface area (Å²) in [6, 6.07) is 3.61. The minimum Gasteiger partial charge on any atom is -0.481 e. The van der Waals surface area contributed by atoms with Gasteiger partial charge in [-0.15, -0.1) is 0 Å². The Morgan fingerprint density at radius 2 is 1.83 bits per heavy atom. The zero-order valence-electron chi connectivity index (χ0n) is 13.1. The normalized spacial score (nSPS) is 21.0. The number of carbonyl (C=O) groups excluding carboxylic acids is 1. The molecule has 1 aromatic rings. The smallest absolute Gasteiger partial charge is 0.306 e. The lowest BCUT2D eigenvalue weighted by Crippen LogP contribution is -2.39. The largest absolute Gasteiger partial charge is 0.481 e. The summed E-state index contributed by atoms with van der Waals surface area (Å²) in [6.07, 6.45) is 2.18. The summed E-state index contributed by atoms with van der Waals surface area (Å²) >= 11 is 0. The van der Waals surface area contributed by atoms with Gasteiger partial charge in [-0.2, -0.15) is 0 Å². The van der Waals surface area contributed by atoms with Gasteiger partial charge >= 0.3 is 5.97 Å². The number of rotatable bonds is 5. The van der Waals surface area contributed by atoms with E-state index in [1.165, 1.54) is 11.0 Å². The topological polar surface area (TPSA) is 57.6 Å². The Hall–Kier alpha value is -1.98. The molecule has 1 N–H and O–H groups in total. The molecule has 1 fully saturated rings. The molecule has 1 saturated carbocycles. The van der Waals surface area contributed by atoms with E-state index in [0.29, 0.717) is 32.2 Å². The Morgan fingerprint density at radius 1 is 1.22 bits per heavy atom. The van der Waals surface area contributed by atoms with Gasteiger partial charge in [0.05, 0.1) is 12.5 Å². The lowest BCUT2D eigenvalue weighted by atomic mass is 9.80. The second-order valence-corrected chi connectivity index (χ2v) is 5.95. The Labute approximate surface area is 134 Å². The summed E-state index contributed by atoms with van der Waals surface area (Å²) in [5, 5.41) is 9.12. The number of carboxylic acid groups (broad SMARTS) is 1. The highest BCUT2D eigenvalue weighted by Crippen LogP contribution is 2.31. The first-order valence-electron chi connectivity index (χ1n) is 7.88. The zero-order chi connectivity index (χ0) is 17.0. The number of hydrogen-bond donors (Lipinski definition) is 1. The van der Waals surface area contributed by atoms with Crippen molar-refractivity contribution in [3.8, 4) is 0 Å². The predicted molar refractivity (Wildman–Crippen MR) is 80.5 cm³/mol. The number of carboxylic acids is 1. The van der Waals surface area contributed by atoms with Crippen molar-refractivity contribution in [2.24, 2.45) is 11.8 Å². The van der Waals surface area contributed by atoms with E-state index in [0.717, 1.165) is 12.1 Å². The Morgan fingerprint density at radius 3 is 2.39 bits per heavy atom. The van der Waals surface area contributed by atoms with Crippen molar-refractivity contribution in [2.75, 3.05) is 6.54 Å². The molecule has 1 aliphatic rings. The molecule has 126 valence electrons. The minimum absolute atomic E-state index is 0.131. The lowest BCUT2D eigenvalue weighted by Gasteiger charge is -2.31. The summed E-state index contributed by atoms with van der Waals surface area (Å²) in [7, 11) is 0. The highest BCUT2D eigenvalue weighted by Gasteiger charge is 2.33. The van der Waals surface area contributed by atoms with Gasteiger partial charge in [0.15, 0.2) is 0 Å². The highest BCUT2D eigenvalue weighted by molar-refractivity contribution is 5.80. The third-order valence-electron chi connectivity index (χ3n) is 4.48. The Kier molecular flexibility index (Phi) is 5.69. The van der Waals surface area contributed by atoms with Crippen LogP contribution in [0.25, 0.3) is 0 Å². The predicted octanol–water partition coefficient (Wildman–Crippen LogP) is 3.20. The zero-order valence-corrected chi connectivity index (χ0v) is 13.1. The third kappa shape index (κ3) is 4.06. The maximum Gasteiger partial charge on any atom is 0.306 e. The van der Waals surface area contributed by atoms with Crippen LogP contribution in [0.5, 0.6) is 0 Å². The molecule has 0 bridgehead atoms. The van der Waals surface area contributed by atoms with Crippen molar-refractivity contribution in [1.82, 2.24) is 4.90 Å². The summed E-state index contributed by atoms with van der Waals surface area (Å²) in [6.45, 7) is 1.93. The Bertz CT molecular complexity index is 571. The van der Waals surface area contributed by atoms with Crippen molar-refractivity contribution in [3.05, 3.63) is 35.4 Å². The second kappa shape index (κ2) is 7.53. The number of hydrogen-bond acceptors (Lipinski definition) is 2. The molecule has 0 aromatic heterocycles. The minimum atomic E-state index is -0.884. The van der Waals surface area contributed by atoms with Crippen molar-refractivity contribution < 1.29 is 23.5 Å². The van der Waals surface area contributed by atoms with E-state index in [1.807, 2.05) is 0 Å². The van der Waals surface area contributed by atoms with Crippen LogP contribution in [0.4, 0.5) is 8.78 Å². The van der Waals surface area contributed by atoms with E-state index in [4.69, 9.17) is 5.11 Å². The highest BCUT2D eigenvalue weighted by atomic mass is 19.1. The Balaban J connectivity index is 2.11. The molecule has 6 heteroatoms. The summed E-state index contributed by atoms with van der Waals surface area (Å²) in [5.41, 5.74) is -0.131. The average Bonchev–Trinajstić information content (AvgIpc) is 2.54. The summed E-state index contributed by atoms with van der Waals surface area (Å²) < 4.78 is 27.5. The molecule has 1 amide bonds. The quantitative estimate of drug-likeness (QED) is 0.904. The van der Waals surface area contributed by atoms with Gasteiger partial charge in [0.25, 0.3) is 0 Å². The second-order valence-electron chi connectivity index (χ2n) is 5.95. The number of benzene rings is 1. The van der Waals surface area contributed by atoms with Gasteiger partial charge in [-0.25, -0.2) is 8.78 Å². The molecular weight excluding hydrogens is 304 g/mol. The van der Waals surface area contributed by atoms with Crippen LogP contribution in [0, 0.1) is 23.5 Å². The van der Waals surface area contributed by atoms with E-state index in [9.17, 15) is 18.4 Å². The van der Waals surface area contributed by atoms with Crippen LogP contribution in [0.1, 0.15) is 38.2 Å². The van der Waals surface area contributed by atoms with E-state index in [-0.39, 0.29) is 23.9 Å². The fourth-order valence-electron chi connectivity index (χ4n) is 3.12. The van der Waals surface area contributed by atoms with Crippen molar-refractivity contribution in [2.45, 2.75) is 39.2 Å². The van der Waals surface area contributed by atoms with Crippen LogP contribution >= 0.6 is 0 Å². The molecule has 0 aliphatic heterocycles. The molecule has 4 nitrogen and oxygen atoms in total. The molecular formula is C17H21F2NO3. The van der Waals surface area contributed by atoms with Crippen LogP contribution in [0.2, 0.25) is 0 Å². The summed E-state index contributed by atoms with van der Waals surface area (Å²) in [5.74, 6) is -3.36. The molecule has 2 rings (SSSR count). The monoisotopic (exact) mass is 325 g/mol. The fraction of sp³-hybridized carbons (Fsp3) is 0.529. The molecule has 1 aliphatic carbocycles. The molecule has 2 unspecified atom stereocenters. The van der Waals surface area contributed by atoms with Crippen LogP contribution in [0.15, 0.2) is 18.2 Å². The lowest BCUT2D eigenvalue weighted by molar-refractivity contribution is -0.145. The average molecular weight is 325 g/mol. The van der Waals surface area contributed by atoms with Crippen LogP contribution in [-0.2, 0) is 16.1 Å². The SMILES string of the molecule is CCN(Cc1c(F)cccc1F)C(=O)C1CCCC(C(=O)O)C1. The maximum atomic E-state index is 13.8. The number of nitrogens with zero attached hydrogens (tertiary/aromatic N) is 1. The van der Waals surface area contributed by atoms with Gasteiger partial charge in [0.2, 0.25) is 5.91 Å². The van der Waals surface area contributed by atoms with Crippen molar-refractivity contribution in [1.29, 1.82) is 0 Å². The van der Waals surface area contributed by atoms with Gasteiger partial charge in [-0.05, 0) is 38.3 Å².